The van der Waals surface area contributed by atoms with Crippen molar-refractivity contribution in [2.75, 3.05) is 0 Å². The molecular formula is C19H20N4O3. The minimum atomic E-state index is -0.489. The summed E-state index contributed by atoms with van der Waals surface area (Å²) in [6, 6.07) is 12.0. The maximum Gasteiger partial charge on any atom is 0.331 e. The Morgan fingerprint density at radius 2 is 1.85 bits per heavy atom. The first-order valence-corrected chi connectivity index (χ1v) is 8.45. The summed E-state index contributed by atoms with van der Waals surface area (Å²) in [4.78, 5) is 41.8. The van der Waals surface area contributed by atoms with Crippen molar-refractivity contribution in [2.24, 2.45) is 0 Å². The lowest BCUT2D eigenvalue weighted by Gasteiger charge is -2.16. The van der Waals surface area contributed by atoms with E-state index in [-0.39, 0.29) is 30.6 Å². The first-order valence-electron chi connectivity index (χ1n) is 8.45. The van der Waals surface area contributed by atoms with Crippen molar-refractivity contribution >= 4 is 16.8 Å². The smallest absolute Gasteiger partial charge is 0.331 e. The topological polar surface area (TPSA) is 86.0 Å². The Labute approximate surface area is 149 Å². The second-order valence-corrected chi connectivity index (χ2v) is 5.98. The number of nitrogens with one attached hydrogen (secondary N) is 1. The molecule has 1 unspecified atom stereocenters. The molecule has 2 heterocycles. The molecule has 0 aliphatic heterocycles. The lowest BCUT2D eigenvalue weighted by Crippen LogP contribution is -2.42. The van der Waals surface area contributed by atoms with Crippen LogP contribution < -0.4 is 16.6 Å². The number of carbonyl (C=O) groups excluding carboxylic acids is 1. The van der Waals surface area contributed by atoms with Gasteiger partial charge in [-0.25, -0.2) is 4.79 Å². The third kappa shape index (κ3) is 3.28. The number of para-hydroxylation sites is 1. The fourth-order valence-corrected chi connectivity index (χ4v) is 2.94. The van der Waals surface area contributed by atoms with Crippen LogP contribution in [0.25, 0.3) is 10.9 Å². The Morgan fingerprint density at radius 1 is 1.12 bits per heavy atom. The minimum Gasteiger partial charge on any atom is -0.346 e. The number of benzene rings is 1. The van der Waals surface area contributed by atoms with E-state index in [0.717, 1.165) is 10.3 Å². The van der Waals surface area contributed by atoms with Crippen LogP contribution in [0.1, 0.15) is 25.6 Å². The zero-order valence-corrected chi connectivity index (χ0v) is 14.7. The van der Waals surface area contributed by atoms with Gasteiger partial charge in [0.2, 0.25) is 5.91 Å². The summed E-state index contributed by atoms with van der Waals surface area (Å²) in [5, 5.41) is 3.26. The van der Waals surface area contributed by atoms with Crippen LogP contribution in [-0.4, -0.2) is 20.0 Å². The molecule has 0 aliphatic rings. The quantitative estimate of drug-likeness (QED) is 0.753. The molecule has 0 radical (unpaired) electrons. The van der Waals surface area contributed by atoms with Crippen LogP contribution >= 0.6 is 0 Å². The molecule has 0 saturated heterocycles. The average Bonchev–Trinajstić information content (AvgIpc) is 2.66. The van der Waals surface area contributed by atoms with Crippen LogP contribution in [0, 0.1) is 0 Å². The molecule has 3 aromatic rings. The summed E-state index contributed by atoms with van der Waals surface area (Å²) >= 11 is 0. The lowest BCUT2D eigenvalue weighted by atomic mass is 10.2. The lowest BCUT2D eigenvalue weighted by molar-refractivity contribution is -0.122. The zero-order valence-electron chi connectivity index (χ0n) is 14.7. The second-order valence-electron chi connectivity index (χ2n) is 5.98. The number of pyridine rings is 1. The highest BCUT2D eigenvalue weighted by molar-refractivity contribution is 5.81. The van der Waals surface area contributed by atoms with Crippen LogP contribution in [0.4, 0.5) is 0 Å². The number of carbonyl (C=O) groups is 1. The van der Waals surface area contributed by atoms with Crippen LogP contribution in [0.5, 0.6) is 0 Å². The number of amides is 1. The zero-order chi connectivity index (χ0) is 18.7. The van der Waals surface area contributed by atoms with Crippen molar-refractivity contribution < 1.29 is 4.79 Å². The van der Waals surface area contributed by atoms with E-state index in [1.54, 1.807) is 43.5 Å². The standard InChI is InChI=1S/C19H20N4O3/c1-3-22-18(25)14-8-4-5-10-16(14)23(19(22)26)12-17(24)21-13(2)15-9-6-7-11-20-15/h4-11,13H,3,12H2,1-2H3,(H,21,24). The predicted octanol–water partition coefficient (Wildman–Crippen LogP) is 1.46. The van der Waals surface area contributed by atoms with Gasteiger partial charge in [0.25, 0.3) is 5.56 Å². The number of rotatable bonds is 5. The Bertz CT molecular complexity index is 1050. The molecule has 1 N–H and O–H groups in total. The summed E-state index contributed by atoms with van der Waals surface area (Å²) in [5.74, 6) is -0.322. The second kappa shape index (κ2) is 7.35. The molecule has 1 atom stereocenters. The molecule has 26 heavy (non-hydrogen) atoms. The normalized spacial score (nSPS) is 12.1. The predicted molar refractivity (Wildman–Crippen MR) is 98.9 cm³/mol. The molecule has 3 rings (SSSR count). The van der Waals surface area contributed by atoms with E-state index in [2.05, 4.69) is 10.3 Å². The SMILES string of the molecule is CCn1c(=O)c2ccccc2n(CC(=O)NC(C)c2ccccn2)c1=O. The molecule has 1 aromatic carbocycles. The maximum absolute atomic E-state index is 12.7. The molecule has 134 valence electrons. The molecular weight excluding hydrogens is 332 g/mol. The number of aromatic nitrogens is 3. The van der Waals surface area contributed by atoms with Crippen LogP contribution in [-0.2, 0) is 17.9 Å². The van der Waals surface area contributed by atoms with Gasteiger partial charge in [-0.2, -0.15) is 0 Å². The van der Waals surface area contributed by atoms with E-state index in [0.29, 0.717) is 10.9 Å². The highest BCUT2D eigenvalue weighted by Gasteiger charge is 2.16. The molecule has 0 fully saturated rings. The van der Waals surface area contributed by atoms with E-state index in [9.17, 15) is 14.4 Å². The maximum atomic E-state index is 12.7. The fourth-order valence-electron chi connectivity index (χ4n) is 2.94. The molecule has 0 spiro atoms. The number of hydrogen-bond donors (Lipinski definition) is 1. The Kier molecular flexibility index (Phi) is 4.97. The summed E-state index contributed by atoms with van der Waals surface area (Å²) in [6.07, 6.45) is 1.66. The largest absolute Gasteiger partial charge is 0.346 e. The van der Waals surface area contributed by atoms with Gasteiger partial charge in [0.1, 0.15) is 6.54 Å². The van der Waals surface area contributed by atoms with Gasteiger partial charge in [-0.1, -0.05) is 18.2 Å². The van der Waals surface area contributed by atoms with Crippen LogP contribution in [0.2, 0.25) is 0 Å². The number of fused-ring (bicyclic) bond motifs is 1. The summed E-state index contributed by atoms with van der Waals surface area (Å²) < 4.78 is 2.47. The van der Waals surface area contributed by atoms with E-state index < -0.39 is 5.69 Å². The van der Waals surface area contributed by atoms with Gasteiger partial charge in [0, 0.05) is 12.7 Å². The first-order chi connectivity index (χ1) is 12.5. The van der Waals surface area contributed by atoms with E-state index >= 15 is 0 Å². The van der Waals surface area contributed by atoms with Crippen molar-refractivity contribution in [1.29, 1.82) is 0 Å². The van der Waals surface area contributed by atoms with Crippen molar-refractivity contribution in [3.8, 4) is 0 Å². The summed E-state index contributed by atoms with van der Waals surface area (Å²) in [6.45, 7) is 3.63. The monoisotopic (exact) mass is 352 g/mol. The van der Waals surface area contributed by atoms with Gasteiger partial charge in [-0.15, -0.1) is 0 Å². The van der Waals surface area contributed by atoms with Gasteiger partial charge < -0.3 is 5.32 Å². The van der Waals surface area contributed by atoms with Crippen molar-refractivity contribution in [1.82, 2.24) is 19.4 Å². The highest BCUT2D eigenvalue weighted by atomic mass is 16.2. The average molecular weight is 352 g/mol. The van der Waals surface area contributed by atoms with Crippen molar-refractivity contribution in [3.63, 3.8) is 0 Å². The van der Waals surface area contributed by atoms with Crippen molar-refractivity contribution in [3.05, 3.63) is 75.2 Å². The third-order valence-electron chi connectivity index (χ3n) is 4.26. The molecule has 0 saturated carbocycles. The third-order valence-corrected chi connectivity index (χ3v) is 4.26. The molecule has 0 aliphatic carbocycles. The Balaban J connectivity index is 1.95. The summed E-state index contributed by atoms with van der Waals surface area (Å²) in [7, 11) is 0. The Hall–Kier alpha value is -3.22. The number of hydrogen-bond acceptors (Lipinski definition) is 4. The van der Waals surface area contributed by atoms with E-state index in [1.807, 2.05) is 19.1 Å². The first kappa shape index (κ1) is 17.6. The van der Waals surface area contributed by atoms with Crippen molar-refractivity contribution in [2.45, 2.75) is 33.0 Å². The fraction of sp³-hybridized carbons (Fsp3) is 0.263. The molecule has 2 aromatic heterocycles. The highest BCUT2D eigenvalue weighted by Crippen LogP contribution is 2.10. The molecule has 7 heteroatoms. The van der Waals surface area contributed by atoms with Gasteiger partial charge in [-0.05, 0) is 38.1 Å². The van der Waals surface area contributed by atoms with Gasteiger partial charge >= 0.3 is 5.69 Å². The molecule has 7 nitrogen and oxygen atoms in total. The van der Waals surface area contributed by atoms with Gasteiger partial charge in [0.15, 0.2) is 0 Å². The van der Waals surface area contributed by atoms with Gasteiger partial charge in [-0.3, -0.25) is 23.7 Å². The summed E-state index contributed by atoms with van der Waals surface area (Å²) in [5.41, 5.74) is 0.355. The Morgan fingerprint density at radius 3 is 2.54 bits per heavy atom. The molecule has 1 amide bonds. The van der Waals surface area contributed by atoms with Crippen LogP contribution in [0.3, 0.4) is 0 Å². The number of nitrogens with zero attached hydrogens (tertiary/aromatic N) is 3. The van der Waals surface area contributed by atoms with Gasteiger partial charge in [0.05, 0.1) is 22.6 Å². The molecule has 0 bridgehead atoms. The van der Waals surface area contributed by atoms with E-state index in [4.69, 9.17) is 0 Å². The van der Waals surface area contributed by atoms with E-state index in [1.165, 1.54) is 4.57 Å². The van der Waals surface area contributed by atoms with Crippen LogP contribution in [0.15, 0.2) is 58.3 Å². The minimum absolute atomic E-state index is 0.170.